The van der Waals surface area contributed by atoms with Gasteiger partial charge in [-0.1, -0.05) is 0 Å². The van der Waals surface area contributed by atoms with Gasteiger partial charge in [-0.05, 0) is 69.1 Å². The zero-order valence-corrected chi connectivity index (χ0v) is 17.3. The van der Waals surface area contributed by atoms with Gasteiger partial charge in [0.1, 0.15) is 5.69 Å². The van der Waals surface area contributed by atoms with Crippen LogP contribution in [0.15, 0.2) is 40.5 Å². The first-order chi connectivity index (χ1) is 13.4. The zero-order chi connectivity index (χ0) is 21.4. The number of anilines is 1. The minimum atomic E-state index is -4.66. The lowest BCUT2D eigenvalue weighted by Gasteiger charge is -2.45. The molecule has 1 aromatic carbocycles. The van der Waals surface area contributed by atoms with Crippen molar-refractivity contribution in [1.82, 2.24) is 16.1 Å². The molecule has 2 heterocycles. The summed E-state index contributed by atoms with van der Waals surface area (Å²) in [6.07, 6.45) is -5.53. The van der Waals surface area contributed by atoms with Gasteiger partial charge in [-0.25, -0.2) is 9.97 Å². The van der Waals surface area contributed by atoms with Crippen LogP contribution in [0.4, 0.5) is 32.0 Å². The highest BCUT2D eigenvalue weighted by Gasteiger charge is 2.36. The third-order valence-corrected chi connectivity index (χ3v) is 5.78. The molecule has 1 fully saturated rings. The summed E-state index contributed by atoms with van der Waals surface area (Å²) in [5.74, 6) is 0. The van der Waals surface area contributed by atoms with Crippen molar-refractivity contribution in [2.24, 2.45) is 0 Å². The molecule has 1 aromatic heterocycles. The van der Waals surface area contributed by atoms with Crippen molar-refractivity contribution in [3.8, 4) is 0 Å². The number of alkyl halides is 6. The molecule has 3 N–H and O–H groups in total. The second-order valence-electron chi connectivity index (χ2n) is 7.43. The Morgan fingerprint density at radius 3 is 2.30 bits per heavy atom. The van der Waals surface area contributed by atoms with E-state index in [0.717, 1.165) is 43.7 Å². The number of piperidine rings is 1. The Hall–Kier alpha value is -2.01. The quantitative estimate of drug-likeness (QED) is 0.420. The van der Waals surface area contributed by atoms with Crippen LogP contribution in [0.1, 0.15) is 44.4 Å². The first kappa shape index (κ1) is 24.3. The van der Waals surface area contributed by atoms with Gasteiger partial charge in [0, 0.05) is 23.2 Å². The highest BCUT2D eigenvalue weighted by Crippen LogP contribution is 2.43. The van der Waals surface area contributed by atoms with Crippen molar-refractivity contribution in [3.63, 3.8) is 0 Å². The number of hydrogen-bond acceptors (Lipinski definition) is 5. The first-order valence-electron chi connectivity index (χ1n) is 8.95. The summed E-state index contributed by atoms with van der Waals surface area (Å²) in [6, 6.07) is 4.06. The lowest BCUT2D eigenvalue weighted by molar-refractivity contribution is -0.141. The van der Waals surface area contributed by atoms with E-state index in [1.54, 1.807) is 0 Å². The van der Waals surface area contributed by atoms with Crippen LogP contribution in [0.25, 0.3) is 0 Å². The Balaban J connectivity index is 0.00000320. The van der Waals surface area contributed by atoms with Crippen LogP contribution < -0.4 is 11.1 Å². The maximum Gasteiger partial charge on any atom is 0.433 e. The normalized spacial score (nSPS) is 16.9. The van der Waals surface area contributed by atoms with E-state index in [2.05, 4.69) is 9.97 Å². The molecular formula is C19H22F6N4S. The van der Waals surface area contributed by atoms with Gasteiger partial charge in [0.05, 0.1) is 11.3 Å². The fraction of sp³-hybridized carbons (Fsp3) is 0.474. The Morgan fingerprint density at radius 2 is 1.70 bits per heavy atom. The molecule has 1 aliphatic heterocycles. The van der Waals surface area contributed by atoms with Crippen molar-refractivity contribution in [2.75, 3.05) is 11.4 Å². The van der Waals surface area contributed by atoms with Crippen LogP contribution in [0.3, 0.4) is 0 Å². The minimum absolute atomic E-state index is 0. The molecule has 2 aromatic rings. The van der Waals surface area contributed by atoms with Gasteiger partial charge in [-0.15, -0.1) is 0 Å². The van der Waals surface area contributed by atoms with Crippen LogP contribution in [-0.4, -0.2) is 22.1 Å². The van der Waals surface area contributed by atoms with E-state index in [1.807, 2.05) is 18.7 Å². The van der Waals surface area contributed by atoms with Gasteiger partial charge < -0.3 is 11.1 Å². The van der Waals surface area contributed by atoms with E-state index >= 15 is 0 Å². The van der Waals surface area contributed by atoms with Crippen molar-refractivity contribution >= 4 is 17.4 Å². The van der Waals surface area contributed by atoms with E-state index in [1.165, 1.54) is 6.07 Å². The van der Waals surface area contributed by atoms with Crippen molar-refractivity contribution < 1.29 is 26.3 Å². The first-order valence-corrected chi connectivity index (χ1v) is 9.76. The van der Waals surface area contributed by atoms with Gasteiger partial charge in [0.2, 0.25) is 0 Å². The molecule has 166 valence electrons. The highest BCUT2D eigenvalue weighted by atomic mass is 32.2. The molecule has 3 rings (SSSR count). The molecule has 1 aliphatic rings. The summed E-state index contributed by atoms with van der Waals surface area (Å²) in [6.45, 7) is 4.65. The monoisotopic (exact) mass is 452 g/mol. The highest BCUT2D eigenvalue weighted by molar-refractivity contribution is 7.99. The van der Waals surface area contributed by atoms with Crippen LogP contribution in [0, 0.1) is 0 Å². The van der Waals surface area contributed by atoms with Gasteiger partial charge in [-0.3, -0.25) is 0 Å². The van der Waals surface area contributed by atoms with E-state index in [0.29, 0.717) is 24.0 Å². The summed E-state index contributed by atoms with van der Waals surface area (Å²) in [5, 5.41) is -0.254. The van der Waals surface area contributed by atoms with Crippen molar-refractivity contribution in [2.45, 2.75) is 61.1 Å². The third-order valence-electron chi connectivity index (χ3n) is 4.85. The van der Waals surface area contributed by atoms with Gasteiger partial charge in [0.15, 0.2) is 5.16 Å². The van der Waals surface area contributed by atoms with Gasteiger partial charge >= 0.3 is 12.4 Å². The zero-order valence-electron chi connectivity index (χ0n) is 16.4. The van der Waals surface area contributed by atoms with Crippen LogP contribution in [0.2, 0.25) is 0 Å². The van der Waals surface area contributed by atoms with Crippen molar-refractivity contribution in [3.05, 3.63) is 41.7 Å². The summed E-state index contributed by atoms with van der Waals surface area (Å²) in [5.41, 5.74) is -1.76. The molecule has 1 saturated heterocycles. The average Bonchev–Trinajstić information content (AvgIpc) is 2.60. The number of nitrogens with zero attached hydrogens (tertiary/aromatic N) is 3. The summed E-state index contributed by atoms with van der Waals surface area (Å²) in [7, 11) is 0. The van der Waals surface area contributed by atoms with Crippen LogP contribution in [-0.2, 0) is 12.4 Å². The fourth-order valence-corrected chi connectivity index (χ4v) is 4.28. The minimum Gasteiger partial charge on any atom is -0.365 e. The molecule has 30 heavy (non-hydrogen) atoms. The summed E-state index contributed by atoms with van der Waals surface area (Å²) in [4.78, 5) is 9.48. The lowest BCUT2D eigenvalue weighted by atomic mass is 9.90. The molecule has 11 heteroatoms. The van der Waals surface area contributed by atoms with Crippen LogP contribution >= 0.6 is 11.8 Å². The molecule has 0 spiro atoms. The van der Waals surface area contributed by atoms with E-state index in [4.69, 9.17) is 0 Å². The summed E-state index contributed by atoms with van der Waals surface area (Å²) >= 11 is 0.705. The predicted molar refractivity (Wildman–Crippen MR) is 103 cm³/mol. The van der Waals surface area contributed by atoms with Gasteiger partial charge in [0.25, 0.3) is 0 Å². The fourth-order valence-electron chi connectivity index (χ4n) is 3.35. The van der Waals surface area contributed by atoms with E-state index < -0.39 is 23.6 Å². The number of halogens is 6. The number of benzene rings is 1. The molecule has 0 unspecified atom stereocenters. The molecule has 0 amide bonds. The van der Waals surface area contributed by atoms with Gasteiger partial charge in [-0.2, -0.15) is 26.3 Å². The third kappa shape index (κ3) is 5.37. The maximum absolute atomic E-state index is 13.3. The predicted octanol–water partition coefficient (Wildman–Crippen LogP) is 6.60. The maximum atomic E-state index is 13.3. The Bertz CT molecular complexity index is 882. The standard InChI is InChI=1S/C19H19F6N3S.H3N/c1-17(2)8-3-4-10-28(17)13-6-5-12(18(20,21)22)11-14(13)29-16-26-9-7-15(27-16)19(23,24)25;/h5-7,9,11H,3-4,8,10H2,1-2H3;1H3. The second kappa shape index (κ2) is 8.62. The molecule has 0 radical (unpaired) electrons. The number of rotatable bonds is 3. The Morgan fingerprint density at radius 1 is 1.00 bits per heavy atom. The molecule has 0 saturated carbocycles. The second-order valence-corrected chi connectivity index (χ2v) is 8.43. The Labute approximate surface area is 174 Å². The molecule has 0 aliphatic carbocycles. The molecule has 0 atom stereocenters. The lowest BCUT2D eigenvalue weighted by Crippen LogP contribution is -2.47. The smallest absolute Gasteiger partial charge is 0.365 e. The topological polar surface area (TPSA) is 64.0 Å². The number of aromatic nitrogens is 2. The largest absolute Gasteiger partial charge is 0.433 e. The molecule has 0 bridgehead atoms. The van der Waals surface area contributed by atoms with E-state index in [-0.39, 0.29) is 21.7 Å². The summed E-state index contributed by atoms with van der Waals surface area (Å²) < 4.78 is 78.6. The molecule has 4 nitrogen and oxygen atoms in total. The Kier molecular flexibility index (Phi) is 6.97. The number of hydrogen-bond donors (Lipinski definition) is 1. The van der Waals surface area contributed by atoms with Crippen molar-refractivity contribution in [1.29, 1.82) is 0 Å². The molecular weight excluding hydrogens is 430 g/mol. The SMILES string of the molecule is CC1(C)CCCCN1c1ccc(C(F)(F)F)cc1Sc1nccc(C(F)(F)F)n1.N. The average molecular weight is 452 g/mol. The van der Waals surface area contributed by atoms with Crippen LogP contribution in [0.5, 0.6) is 0 Å². The van der Waals surface area contributed by atoms with E-state index in [9.17, 15) is 26.3 Å².